The molecule has 0 amide bonds. The summed E-state index contributed by atoms with van der Waals surface area (Å²) < 4.78 is 26.9. The minimum Gasteiger partial charge on any atom is -0.309 e. The molecule has 1 aromatic rings. The van der Waals surface area contributed by atoms with E-state index in [-0.39, 0.29) is 12.1 Å². The summed E-state index contributed by atoms with van der Waals surface area (Å²) in [4.78, 5) is 0.392. The van der Waals surface area contributed by atoms with Gasteiger partial charge in [-0.05, 0) is 37.5 Å². The lowest BCUT2D eigenvalue weighted by Gasteiger charge is -2.35. The normalized spacial score (nSPS) is 25.1. The van der Waals surface area contributed by atoms with E-state index in [1.54, 1.807) is 16.4 Å². The second-order valence-electron chi connectivity index (χ2n) is 6.01. The summed E-state index contributed by atoms with van der Waals surface area (Å²) in [7, 11) is -3.38. The lowest BCUT2D eigenvalue weighted by atomic mass is 10.0. The summed E-state index contributed by atoms with van der Waals surface area (Å²) in [5, 5.41) is 3.35. The van der Waals surface area contributed by atoms with Crippen LogP contribution < -0.4 is 5.32 Å². The molecular weight excluding hydrogens is 272 g/mol. The fourth-order valence-electron chi connectivity index (χ4n) is 2.65. The third kappa shape index (κ3) is 3.22. The highest BCUT2D eigenvalue weighted by atomic mass is 32.2. The van der Waals surface area contributed by atoms with Gasteiger partial charge < -0.3 is 5.32 Å². The predicted molar refractivity (Wildman–Crippen MR) is 81.3 cm³/mol. The summed E-state index contributed by atoms with van der Waals surface area (Å²) in [6.45, 7) is 9.28. The molecule has 2 rings (SSSR count). The molecule has 1 heterocycles. The number of piperazine rings is 1. The fraction of sp³-hybridized carbons (Fsp3) is 0.600. The Bertz CT molecular complexity index is 542. The molecule has 112 valence electrons. The van der Waals surface area contributed by atoms with Crippen LogP contribution in [0.4, 0.5) is 0 Å². The van der Waals surface area contributed by atoms with Crippen molar-refractivity contribution in [2.75, 3.05) is 13.1 Å². The Hall–Kier alpha value is -0.910. The molecule has 1 N–H and O–H groups in total. The minimum absolute atomic E-state index is 0.184. The van der Waals surface area contributed by atoms with Crippen molar-refractivity contribution in [3.8, 4) is 0 Å². The van der Waals surface area contributed by atoms with Gasteiger partial charge in [0.2, 0.25) is 10.0 Å². The standard InChI is InChI=1S/C15H24N2O2S/c1-11(2)14-5-7-15(8-6-14)20(18,19)17-9-12(3)16-13(4)10-17/h5-8,11-13,16H,9-10H2,1-4H3. The van der Waals surface area contributed by atoms with Gasteiger partial charge in [-0.2, -0.15) is 4.31 Å². The molecule has 2 unspecified atom stereocenters. The molecule has 1 fully saturated rings. The van der Waals surface area contributed by atoms with E-state index >= 15 is 0 Å². The topological polar surface area (TPSA) is 49.4 Å². The van der Waals surface area contributed by atoms with Crippen LogP contribution in [0.3, 0.4) is 0 Å². The van der Waals surface area contributed by atoms with Crippen molar-refractivity contribution in [2.45, 2.75) is 50.6 Å². The molecule has 1 aliphatic rings. The van der Waals surface area contributed by atoms with E-state index in [2.05, 4.69) is 19.2 Å². The molecule has 2 atom stereocenters. The quantitative estimate of drug-likeness (QED) is 0.930. The third-order valence-electron chi connectivity index (χ3n) is 3.71. The molecule has 0 aliphatic carbocycles. The number of nitrogens with zero attached hydrogens (tertiary/aromatic N) is 1. The molecule has 4 nitrogen and oxygen atoms in total. The Morgan fingerprint density at radius 1 is 1.10 bits per heavy atom. The van der Waals surface area contributed by atoms with Crippen LogP contribution in [0.5, 0.6) is 0 Å². The summed E-state index contributed by atoms with van der Waals surface area (Å²) in [6.07, 6.45) is 0. The van der Waals surface area contributed by atoms with E-state index in [1.807, 2.05) is 26.0 Å². The number of nitrogens with one attached hydrogen (secondary N) is 1. The maximum atomic E-state index is 12.7. The summed E-state index contributed by atoms with van der Waals surface area (Å²) >= 11 is 0. The zero-order chi connectivity index (χ0) is 14.9. The largest absolute Gasteiger partial charge is 0.309 e. The molecule has 0 aromatic heterocycles. The van der Waals surface area contributed by atoms with Crippen LogP contribution in [0.25, 0.3) is 0 Å². The van der Waals surface area contributed by atoms with Gasteiger partial charge in [-0.15, -0.1) is 0 Å². The van der Waals surface area contributed by atoms with Gasteiger partial charge in [-0.25, -0.2) is 8.42 Å². The van der Waals surface area contributed by atoms with E-state index in [9.17, 15) is 8.42 Å². The molecule has 1 aliphatic heterocycles. The van der Waals surface area contributed by atoms with E-state index in [0.29, 0.717) is 23.9 Å². The molecule has 1 saturated heterocycles. The second-order valence-corrected chi connectivity index (χ2v) is 7.95. The van der Waals surface area contributed by atoms with Crippen molar-refractivity contribution in [1.29, 1.82) is 0 Å². The van der Waals surface area contributed by atoms with E-state index < -0.39 is 10.0 Å². The number of benzene rings is 1. The first-order valence-corrected chi connectivity index (χ1v) is 8.61. The molecule has 0 spiro atoms. The first-order valence-electron chi connectivity index (χ1n) is 7.17. The van der Waals surface area contributed by atoms with E-state index in [1.165, 1.54) is 0 Å². The summed E-state index contributed by atoms with van der Waals surface area (Å²) in [5.74, 6) is 0.408. The summed E-state index contributed by atoms with van der Waals surface area (Å²) in [6, 6.07) is 7.63. The van der Waals surface area contributed by atoms with Crippen LogP contribution in [-0.4, -0.2) is 37.9 Å². The maximum absolute atomic E-state index is 12.7. The number of hydrogen-bond donors (Lipinski definition) is 1. The van der Waals surface area contributed by atoms with Crippen LogP contribution in [0, 0.1) is 0 Å². The zero-order valence-electron chi connectivity index (χ0n) is 12.6. The van der Waals surface area contributed by atoms with Crippen molar-refractivity contribution in [3.63, 3.8) is 0 Å². The predicted octanol–water partition coefficient (Wildman–Crippen LogP) is 2.18. The highest BCUT2D eigenvalue weighted by molar-refractivity contribution is 7.89. The van der Waals surface area contributed by atoms with Gasteiger partial charge in [-0.1, -0.05) is 26.0 Å². The van der Waals surface area contributed by atoms with Gasteiger partial charge in [0.15, 0.2) is 0 Å². The van der Waals surface area contributed by atoms with Crippen LogP contribution in [0.1, 0.15) is 39.2 Å². The van der Waals surface area contributed by atoms with Crippen molar-refractivity contribution in [2.24, 2.45) is 0 Å². The zero-order valence-corrected chi connectivity index (χ0v) is 13.4. The second kappa shape index (κ2) is 5.84. The van der Waals surface area contributed by atoms with Crippen LogP contribution >= 0.6 is 0 Å². The molecule has 0 bridgehead atoms. The Morgan fingerprint density at radius 2 is 1.60 bits per heavy atom. The molecule has 0 radical (unpaired) electrons. The first kappa shape index (κ1) is 15.5. The average Bonchev–Trinajstić information content (AvgIpc) is 2.37. The highest BCUT2D eigenvalue weighted by Gasteiger charge is 2.31. The van der Waals surface area contributed by atoms with Gasteiger partial charge in [-0.3, -0.25) is 0 Å². The van der Waals surface area contributed by atoms with E-state index in [0.717, 1.165) is 5.56 Å². The Balaban J connectivity index is 2.25. The van der Waals surface area contributed by atoms with Gasteiger partial charge >= 0.3 is 0 Å². The van der Waals surface area contributed by atoms with Crippen LogP contribution in [-0.2, 0) is 10.0 Å². The third-order valence-corrected chi connectivity index (χ3v) is 5.55. The van der Waals surface area contributed by atoms with Crippen molar-refractivity contribution in [3.05, 3.63) is 29.8 Å². The van der Waals surface area contributed by atoms with Crippen LogP contribution in [0.2, 0.25) is 0 Å². The lowest BCUT2D eigenvalue weighted by molar-refractivity contribution is 0.263. The average molecular weight is 296 g/mol. The Labute approximate surface area is 122 Å². The van der Waals surface area contributed by atoms with Gasteiger partial charge in [0, 0.05) is 25.2 Å². The Morgan fingerprint density at radius 3 is 2.05 bits per heavy atom. The molecule has 1 aromatic carbocycles. The minimum atomic E-state index is -3.38. The summed E-state index contributed by atoms with van der Waals surface area (Å²) in [5.41, 5.74) is 1.16. The highest BCUT2D eigenvalue weighted by Crippen LogP contribution is 2.21. The van der Waals surface area contributed by atoms with Gasteiger partial charge in [0.05, 0.1) is 4.90 Å². The molecule has 0 saturated carbocycles. The molecule has 20 heavy (non-hydrogen) atoms. The maximum Gasteiger partial charge on any atom is 0.243 e. The van der Waals surface area contributed by atoms with Gasteiger partial charge in [0.1, 0.15) is 0 Å². The first-order chi connectivity index (χ1) is 9.30. The van der Waals surface area contributed by atoms with Crippen molar-refractivity contribution >= 4 is 10.0 Å². The van der Waals surface area contributed by atoms with Crippen molar-refractivity contribution < 1.29 is 8.42 Å². The smallest absolute Gasteiger partial charge is 0.243 e. The van der Waals surface area contributed by atoms with E-state index in [4.69, 9.17) is 0 Å². The van der Waals surface area contributed by atoms with Crippen molar-refractivity contribution in [1.82, 2.24) is 9.62 Å². The lowest BCUT2D eigenvalue weighted by Crippen LogP contribution is -2.55. The SMILES string of the molecule is CC1CN(S(=O)(=O)c2ccc(C(C)C)cc2)CC(C)N1. The van der Waals surface area contributed by atoms with Crippen LogP contribution in [0.15, 0.2) is 29.2 Å². The number of sulfonamides is 1. The Kier molecular flexibility index (Phi) is 4.52. The fourth-order valence-corrected chi connectivity index (χ4v) is 4.26. The number of hydrogen-bond acceptors (Lipinski definition) is 3. The molecule has 5 heteroatoms. The van der Waals surface area contributed by atoms with Gasteiger partial charge in [0.25, 0.3) is 0 Å². The monoisotopic (exact) mass is 296 g/mol. The molecular formula is C15H24N2O2S. The number of rotatable bonds is 3.